The second-order valence-electron chi connectivity index (χ2n) is 14.7. The van der Waals surface area contributed by atoms with Crippen LogP contribution in [0, 0.1) is 12.8 Å². The first-order valence-electron chi connectivity index (χ1n) is 17.2. The van der Waals surface area contributed by atoms with Gasteiger partial charge >= 0.3 is 6.03 Å². The van der Waals surface area contributed by atoms with Crippen molar-refractivity contribution in [3.63, 3.8) is 0 Å². The standard InChI is InChI=1S/C40H44N6O3/c1-26-13-15-31(16-14-26)46-38(24-37(43-46)40(2,3)4)42-39(48)41-30-12-8-9-27(20-30)19-28-21-32-17-18-33(22-28)45(32)25-35(47)36-23-34(44-49-36)29-10-6-5-7-11-29/h5-16,20,23-24,28,32-33H,17-19,21-22,25H2,1-4H3,(H2,41,42,48). The lowest BCUT2D eigenvalue weighted by Gasteiger charge is -2.38. The van der Waals surface area contributed by atoms with E-state index in [1.165, 1.54) is 5.56 Å². The van der Waals surface area contributed by atoms with Crippen molar-refractivity contribution in [1.29, 1.82) is 0 Å². The Morgan fingerprint density at radius 1 is 0.878 bits per heavy atom. The number of nitrogens with zero attached hydrogens (tertiary/aromatic N) is 4. The number of ketones is 1. The Kier molecular flexibility index (Phi) is 8.94. The minimum atomic E-state index is -0.315. The number of carbonyl (C=O) groups is 2. The van der Waals surface area contributed by atoms with Crippen LogP contribution in [0.25, 0.3) is 16.9 Å². The molecule has 2 N–H and O–H groups in total. The summed E-state index contributed by atoms with van der Waals surface area (Å²) in [7, 11) is 0. The molecule has 2 atom stereocenters. The van der Waals surface area contributed by atoms with Gasteiger partial charge in [0, 0.05) is 40.9 Å². The van der Waals surface area contributed by atoms with Crippen LogP contribution in [-0.2, 0) is 11.8 Å². The van der Waals surface area contributed by atoms with Crippen molar-refractivity contribution in [1.82, 2.24) is 19.8 Å². The summed E-state index contributed by atoms with van der Waals surface area (Å²) < 4.78 is 7.25. The van der Waals surface area contributed by atoms with E-state index >= 15 is 0 Å². The molecule has 2 saturated heterocycles. The van der Waals surface area contributed by atoms with Crippen molar-refractivity contribution < 1.29 is 14.1 Å². The molecule has 0 spiro atoms. The predicted octanol–water partition coefficient (Wildman–Crippen LogP) is 8.45. The number of piperidine rings is 1. The SMILES string of the molecule is Cc1ccc(-n2nc(C(C)(C)C)cc2NC(=O)Nc2cccc(CC3CC4CCC(C3)N4CC(=O)c3cc(-c4ccccc4)no3)c2)cc1. The van der Waals surface area contributed by atoms with E-state index in [4.69, 9.17) is 9.62 Å². The number of Topliss-reactive ketones (excluding diaryl/α,β-unsaturated/α-hetero) is 1. The summed E-state index contributed by atoms with van der Waals surface area (Å²) in [5, 5.41) is 15.0. The maximum Gasteiger partial charge on any atom is 0.324 e. The highest BCUT2D eigenvalue weighted by atomic mass is 16.5. The maximum absolute atomic E-state index is 13.3. The van der Waals surface area contributed by atoms with Crippen LogP contribution >= 0.6 is 0 Å². The average Bonchev–Trinajstić information content (AvgIpc) is 3.79. The summed E-state index contributed by atoms with van der Waals surface area (Å²) in [6.45, 7) is 8.74. The fraction of sp³-hybridized carbons (Fsp3) is 0.350. The fourth-order valence-corrected chi connectivity index (χ4v) is 7.31. The minimum Gasteiger partial charge on any atom is -0.352 e. The third-order valence-electron chi connectivity index (χ3n) is 9.87. The Labute approximate surface area is 287 Å². The molecule has 9 nitrogen and oxygen atoms in total. The number of urea groups is 1. The van der Waals surface area contributed by atoms with Crippen LogP contribution in [0.15, 0.2) is 95.5 Å². The van der Waals surface area contributed by atoms with Gasteiger partial charge in [-0.25, -0.2) is 9.48 Å². The van der Waals surface area contributed by atoms with E-state index in [9.17, 15) is 9.59 Å². The van der Waals surface area contributed by atoms with Gasteiger partial charge in [-0.3, -0.25) is 15.0 Å². The molecule has 5 aromatic rings. The van der Waals surface area contributed by atoms with Crippen LogP contribution < -0.4 is 10.6 Å². The van der Waals surface area contributed by atoms with Crippen molar-refractivity contribution in [2.45, 2.75) is 77.3 Å². The number of benzene rings is 3. The van der Waals surface area contributed by atoms with Crippen LogP contribution in [-0.4, -0.2) is 50.3 Å². The molecule has 2 aromatic heterocycles. The monoisotopic (exact) mass is 656 g/mol. The number of rotatable bonds is 9. The third-order valence-corrected chi connectivity index (χ3v) is 9.87. The third kappa shape index (κ3) is 7.37. The van der Waals surface area contributed by atoms with Crippen LogP contribution in [0.1, 0.15) is 73.8 Å². The van der Waals surface area contributed by atoms with Gasteiger partial charge in [0.2, 0.25) is 11.5 Å². The summed E-state index contributed by atoms with van der Waals surface area (Å²) in [5.41, 5.74) is 6.33. The Morgan fingerprint density at radius 3 is 2.33 bits per heavy atom. The van der Waals surface area contributed by atoms with Crippen molar-refractivity contribution in [3.8, 4) is 16.9 Å². The summed E-state index contributed by atoms with van der Waals surface area (Å²) in [5.74, 6) is 1.44. The minimum absolute atomic E-state index is 0.0152. The number of fused-ring (bicyclic) bond motifs is 2. The molecule has 252 valence electrons. The van der Waals surface area contributed by atoms with Gasteiger partial charge in [0.1, 0.15) is 11.5 Å². The Morgan fingerprint density at radius 2 is 1.61 bits per heavy atom. The number of amides is 2. The Hall–Kier alpha value is -5.02. The maximum atomic E-state index is 13.3. The Bertz CT molecular complexity index is 1920. The van der Waals surface area contributed by atoms with E-state index in [-0.39, 0.29) is 17.2 Å². The topological polar surface area (TPSA) is 105 Å². The number of aromatic nitrogens is 3. The summed E-state index contributed by atoms with van der Waals surface area (Å²) in [6.07, 6.45) is 5.25. The molecule has 9 heteroatoms. The molecule has 2 bridgehead atoms. The molecule has 0 aliphatic carbocycles. The number of hydrogen-bond acceptors (Lipinski definition) is 6. The second kappa shape index (κ2) is 13.5. The zero-order valence-corrected chi connectivity index (χ0v) is 28.6. The van der Waals surface area contributed by atoms with E-state index in [2.05, 4.69) is 53.6 Å². The van der Waals surface area contributed by atoms with E-state index < -0.39 is 0 Å². The van der Waals surface area contributed by atoms with Crippen molar-refractivity contribution in [2.24, 2.45) is 5.92 Å². The predicted molar refractivity (Wildman–Crippen MR) is 192 cm³/mol. The Balaban J connectivity index is 0.963. The number of hydrogen-bond donors (Lipinski definition) is 2. The first kappa shape index (κ1) is 32.5. The molecule has 2 unspecified atom stereocenters. The molecule has 2 amide bonds. The highest BCUT2D eigenvalue weighted by Gasteiger charge is 2.41. The highest BCUT2D eigenvalue weighted by Crippen LogP contribution is 2.40. The zero-order chi connectivity index (χ0) is 34.1. The molecule has 2 aliphatic heterocycles. The molecule has 2 fully saturated rings. The normalized spacial score (nSPS) is 19.1. The summed E-state index contributed by atoms with van der Waals surface area (Å²) >= 11 is 0. The largest absolute Gasteiger partial charge is 0.352 e. The molecular weight excluding hydrogens is 612 g/mol. The van der Waals surface area contributed by atoms with Crippen LogP contribution in [0.4, 0.5) is 16.3 Å². The molecule has 0 saturated carbocycles. The van der Waals surface area contributed by atoms with Crippen molar-refractivity contribution in [2.75, 3.05) is 17.2 Å². The summed E-state index contributed by atoms with van der Waals surface area (Å²) in [6, 6.07) is 30.2. The first-order chi connectivity index (χ1) is 23.6. The second-order valence-corrected chi connectivity index (χ2v) is 14.7. The molecule has 49 heavy (non-hydrogen) atoms. The molecule has 2 aliphatic rings. The van der Waals surface area contributed by atoms with Gasteiger partial charge in [0.25, 0.3) is 0 Å². The molecule has 4 heterocycles. The zero-order valence-electron chi connectivity index (χ0n) is 28.6. The van der Waals surface area contributed by atoms with E-state index in [0.717, 1.165) is 60.3 Å². The van der Waals surface area contributed by atoms with Crippen LogP contribution in [0.2, 0.25) is 0 Å². The van der Waals surface area contributed by atoms with Crippen molar-refractivity contribution >= 4 is 23.3 Å². The number of anilines is 2. The first-order valence-corrected chi connectivity index (χ1v) is 17.2. The van der Waals surface area contributed by atoms with Gasteiger partial charge in [-0.2, -0.15) is 5.10 Å². The molecule has 7 rings (SSSR count). The van der Waals surface area contributed by atoms with Gasteiger partial charge < -0.3 is 9.84 Å². The molecular formula is C40H44N6O3. The van der Waals surface area contributed by atoms with Gasteiger partial charge in [-0.15, -0.1) is 0 Å². The smallest absolute Gasteiger partial charge is 0.324 e. The van der Waals surface area contributed by atoms with Crippen molar-refractivity contribution in [3.05, 3.63) is 114 Å². The lowest BCUT2D eigenvalue weighted by atomic mass is 9.85. The highest BCUT2D eigenvalue weighted by molar-refractivity contribution is 5.99. The lowest BCUT2D eigenvalue weighted by molar-refractivity contribution is 0.0715. The molecule has 3 aromatic carbocycles. The quantitative estimate of drug-likeness (QED) is 0.154. The fourth-order valence-electron chi connectivity index (χ4n) is 7.31. The van der Waals surface area contributed by atoms with Gasteiger partial charge in [0.05, 0.1) is 17.9 Å². The van der Waals surface area contributed by atoms with Gasteiger partial charge in [-0.05, 0) is 74.8 Å². The van der Waals surface area contributed by atoms with E-state index in [1.54, 1.807) is 10.7 Å². The van der Waals surface area contributed by atoms with Gasteiger partial charge in [0.15, 0.2) is 0 Å². The van der Waals surface area contributed by atoms with Crippen LogP contribution in [0.5, 0.6) is 0 Å². The van der Waals surface area contributed by atoms with Crippen LogP contribution in [0.3, 0.4) is 0 Å². The molecule has 0 radical (unpaired) electrons. The van der Waals surface area contributed by atoms with Gasteiger partial charge in [-0.1, -0.05) is 86.1 Å². The lowest BCUT2D eigenvalue weighted by Crippen LogP contribution is -2.45. The number of nitrogens with one attached hydrogen (secondary N) is 2. The number of aryl methyl sites for hydroxylation is 1. The van der Waals surface area contributed by atoms with E-state index in [0.29, 0.717) is 41.8 Å². The average molecular weight is 657 g/mol. The number of carbonyl (C=O) groups excluding carboxylic acids is 2. The summed E-state index contributed by atoms with van der Waals surface area (Å²) in [4.78, 5) is 28.9. The van der Waals surface area contributed by atoms with E-state index in [1.807, 2.05) is 79.7 Å².